The summed E-state index contributed by atoms with van der Waals surface area (Å²) < 4.78 is 2.43. The third kappa shape index (κ3) is 2.45. The first-order valence-electron chi connectivity index (χ1n) is 6.72. The maximum Gasteiger partial charge on any atom is 0.372 e. The second kappa shape index (κ2) is 5.66. The highest BCUT2D eigenvalue weighted by molar-refractivity contribution is 5.79. The summed E-state index contributed by atoms with van der Waals surface area (Å²) in [7, 11) is 0. The van der Waals surface area contributed by atoms with Gasteiger partial charge in [0.1, 0.15) is 5.69 Å². The minimum absolute atomic E-state index is 0.384. The van der Waals surface area contributed by atoms with Crippen LogP contribution in [0.1, 0.15) is 19.0 Å². The Morgan fingerprint density at radius 2 is 2.00 bits per heavy atom. The number of carbonyl (C=O) groups excluding carboxylic acids is 1. The molecule has 0 atom stereocenters. The lowest BCUT2D eigenvalue weighted by molar-refractivity contribution is 0.236. The minimum atomic E-state index is -0.384. The number of benzene rings is 1. The van der Waals surface area contributed by atoms with Crippen LogP contribution in [0.25, 0.3) is 11.3 Å². The van der Waals surface area contributed by atoms with E-state index in [1.165, 1.54) is 17.1 Å². The van der Waals surface area contributed by atoms with Crippen molar-refractivity contribution >= 4 is 6.03 Å². The monoisotopic (exact) mass is 282 g/mol. The molecule has 7 nitrogen and oxygen atoms in total. The Balaban J connectivity index is 2.06. The van der Waals surface area contributed by atoms with E-state index in [1.807, 2.05) is 37.3 Å². The van der Waals surface area contributed by atoms with Gasteiger partial charge in [0, 0.05) is 5.56 Å². The Morgan fingerprint density at radius 1 is 1.19 bits per heavy atom. The number of aromatic nitrogens is 6. The van der Waals surface area contributed by atoms with Crippen molar-refractivity contribution < 1.29 is 4.79 Å². The summed E-state index contributed by atoms with van der Waals surface area (Å²) in [5.41, 5.74) is 2.45. The van der Waals surface area contributed by atoms with Crippen molar-refractivity contribution in [2.24, 2.45) is 0 Å². The Bertz CT molecular complexity index is 732. The maximum atomic E-state index is 12.4. The average Bonchev–Trinajstić information content (AvgIpc) is 3.18. The summed E-state index contributed by atoms with van der Waals surface area (Å²) >= 11 is 0. The largest absolute Gasteiger partial charge is 0.372 e. The van der Waals surface area contributed by atoms with Crippen LogP contribution in [0.15, 0.2) is 42.7 Å². The molecule has 0 saturated heterocycles. The minimum Gasteiger partial charge on any atom is -0.243 e. The van der Waals surface area contributed by atoms with Crippen molar-refractivity contribution in [2.45, 2.75) is 19.8 Å². The van der Waals surface area contributed by atoms with Crippen molar-refractivity contribution in [2.75, 3.05) is 0 Å². The summed E-state index contributed by atoms with van der Waals surface area (Å²) in [6, 6.07) is 9.33. The Hall–Kier alpha value is -2.83. The standard InChI is InChI=1S/C14H14N6O/c1-2-6-12-13(11-7-4-3-5-8-11)16-18-20(12)14(21)19-10-9-15-17-19/h3-5,7-10H,2,6H2,1H3. The van der Waals surface area contributed by atoms with Gasteiger partial charge in [-0.3, -0.25) is 0 Å². The van der Waals surface area contributed by atoms with E-state index in [9.17, 15) is 4.79 Å². The van der Waals surface area contributed by atoms with Gasteiger partial charge in [-0.25, -0.2) is 4.79 Å². The number of nitrogens with zero attached hydrogens (tertiary/aromatic N) is 6. The topological polar surface area (TPSA) is 78.5 Å². The van der Waals surface area contributed by atoms with Gasteiger partial charge >= 0.3 is 6.03 Å². The van der Waals surface area contributed by atoms with Crippen molar-refractivity contribution in [3.05, 3.63) is 48.4 Å². The molecule has 0 fully saturated rings. The fraction of sp³-hybridized carbons (Fsp3) is 0.214. The molecule has 0 aliphatic heterocycles. The zero-order valence-electron chi connectivity index (χ0n) is 11.5. The molecule has 3 rings (SSSR count). The van der Waals surface area contributed by atoms with Crippen molar-refractivity contribution in [3.63, 3.8) is 0 Å². The molecule has 0 unspecified atom stereocenters. The predicted molar refractivity (Wildman–Crippen MR) is 75.7 cm³/mol. The van der Waals surface area contributed by atoms with Crippen molar-refractivity contribution in [3.8, 4) is 11.3 Å². The number of hydrogen-bond acceptors (Lipinski definition) is 5. The smallest absolute Gasteiger partial charge is 0.243 e. The molecule has 1 aromatic carbocycles. The quantitative estimate of drug-likeness (QED) is 0.734. The van der Waals surface area contributed by atoms with Crippen molar-refractivity contribution in [1.29, 1.82) is 0 Å². The van der Waals surface area contributed by atoms with Crippen LogP contribution in [0.5, 0.6) is 0 Å². The fourth-order valence-electron chi connectivity index (χ4n) is 2.14. The predicted octanol–water partition coefficient (Wildman–Crippen LogP) is 2.01. The lowest BCUT2D eigenvalue weighted by atomic mass is 10.1. The zero-order chi connectivity index (χ0) is 14.7. The van der Waals surface area contributed by atoms with Gasteiger partial charge in [-0.15, -0.1) is 10.2 Å². The van der Waals surface area contributed by atoms with E-state index in [2.05, 4.69) is 20.6 Å². The molecule has 0 radical (unpaired) electrons. The van der Waals surface area contributed by atoms with E-state index >= 15 is 0 Å². The molecule has 106 valence electrons. The maximum absolute atomic E-state index is 12.4. The van der Waals surface area contributed by atoms with Crippen LogP contribution < -0.4 is 0 Å². The van der Waals surface area contributed by atoms with Crippen LogP contribution in [-0.2, 0) is 6.42 Å². The van der Waals surface area contributed by atoms with Gasteiger partial charge in [0.05, 0.1) is 18.1 Å². The van der Waals surface area contributed by atoms with Crippen LogP contribution in [0.3, 0.4) is 0 Å². The highest BCUT2D eigenvalue weighted by Gasteiger charge is 2.20. The average molecular weight is 282 g/mol. The van der Waals surface area contributed by atoms with Gasteiger partial charge < -0.3 is 0 Å². The van der Waals surface area contributed by atoms with Gasteiger partial charge in [0.25, 0.3) is 0 Å². The van der Waals surface area contributed by atoms with Crippen LogP contribution in [0, 0.1) is 0 Å². The number of carbonyl (C=O) groups is 1. The summed E-state index contributed by atoms with van der Waals surface area (Å²) in [6.07, 6.45) is 4.53. The highest BCUT2D eigenvalue weighted by Crippen LogP contribution is 2.22. The second-order valence-electron chi connectivity index (χ2n) is 4.54. The van der Waals surface area contributed by atoms with E-state index in [-0.39, 0.29) is 6.03 Å². The summed E-state index contributed by atoms with van der Waals surface area (Å²) in [4.78, 5) is 12.4. The molecule has 21 heavy (non-hydrogen) atoms. The molecule has 7 heteroatoms. The summed E-state index contributed by atoms with van der Waals surface area (Å²) in [5, 5.41) is 15.5. The van der Waals surface area contributed by atoms with Gasteiger partial charge in [-0.05, 0) is 6.42 Å². The highest BCUT2D eigenvalue weighted by atomic mass is 16.2. The van der Waals surface area contributed by atoms with Crippen LogP contribution in [0.4, 0.5) is 4.79 Å². The molecular weight excluding hydrogens is 268 g/mol. The molecule has 2 aromatic heterocycles. The SMILES string of the molecule is CCCc1c(-c2ccccc2)nnn1C(=O)n1ccnn1. The first kappa shape index (κ1) is 13.2. The van der Waals surface area contributed by atoms with E-state index in [0.29, 0.717) is 6.42 Å². The zero-order valence-corrected chi connectivity index (χ0v) is 11.5. The molecule has 0 spiro atoms. The van der Waals surface area contributed by atoms with E-state index in [1.54, 1.807) is 0 Å². The molecular formula is C14H14N6O. The van der Waals surface area contributed by atoms with Crippen molar-refractivity contribution in [1.82, 2.24) is 30.0 Å². The molecule has 3 aromatic rings. The van der Waals surface area contributed by atoms with Gasteiger partial charge in [-0.2, -0.15) is 9.36 Å². The molecule has 0 aliphatic carbocycles. The van der Waals surface area contributed by atoms with E-state index in [4.69, 9.17) is 0 Å². The molecule has 0 aliphatic rings. The third-order valence-corrected chi connectivity index (χ3v) is 3.10. The Kier molecular flexibility index (Phi) is 3.55. The lowest BCUT2D eigenvalue weighted by Gasteiger charge is -2.05. The number of hydrogen-bond donors (Lipinski definition) is 0. The van der Waals surface area contributed by atoms with Gasteiger partial charge in [-0.1, -0.05) is 54.1 Å². The van der Waals surface area contributed by atoms with E-state index in [0.717, 1.165) is 28.1 Å². The molecule has 0 N–H and O–H groups in total. The molecule has 2 heterocycles. The Labute approximate surface area is 121 Å². The van der Waals surface area contributed by atoms with Crippen LogP contribution in [0.2, 0.25) is 0 Å². The van der Waals surface area contributed by atoms with Gasteiger partial charge in [0.2, 0.25) is 0 Å². The van der Waals surface area contributed by atoms with E-state index < -0.39 is 0 Å². The third-order valence-electron chi connectivity index (χ3n) is 3.10. The molecule has 0 amide bonds. The fourth-order valence-corrected chi connectivity index (χ4v) is 2.14. The van der Waals surface area contributed by atoms with Crippen LogP contribution >= 0.6 is 0 Å². The first-order chi connectivity index (χ1) is 10.3. The normalized spacial score (nSPS) is 10.7. The van der Waals surface area contributed by atoms with Crippen LogP contribution in [-0.4, -0.2) is 36.0 Å². The lowest BCUT2D eigenvalue weighted by Crippen LogP contribution is -2.23. The number of rotatable bonds is 3. The summed E-state index contributed by atoms with van der Waals surface area (Å²) in [6.45, 7) is 2.05. The summed E-state index contributed by atoms with van der Waals surface area (Å²) in [5.74, 6) is 0. The first-order valence-corrected chi connectivity index (χ1v) is 6.72. The second-order valence-corrected chi connectivity index (χ2v) is 4.54. The molecule has 0 saturated carbocycles. The molecule has 0 bridgehead atoms. The Morgan fingerprint density at radius 3 is 2.67 bits per heavy atom. The van der Waals surface area contributed by atoms with Gasteiger partial charge in [0.15, 0.2) is 0 Å².